The monoisotopic (exact) mass is 492 g/mol. The van der Waals surface area contributed by atoms with Gasteiger partial charge in [0.1, 0.15) is 0 Å². The van der Waals surface area contributed by atoms with Crippen LogP contribution in [-0.2, 0) is 6.18 Å². The number of hydrogen-bond acceptors (Lipinski definition) is 3. The highest BCUT2D eigenvalue weighted by molar-refractivity contribution is 5.97. The lowest BCUT2D eigenvalue weighted by Gasteiger charge is -2.32. The number of hydrogen-bond donors (Lipinski definition) is 0. The van der Waals surface area contributed by atoms with Gasteiger partial charge in [-0.2, -0.15) is 13.2 Å². The first-order valence-corrected chi connectivity index (χ1v) is 12.1. The number of carbonyl (C=O) groups excluding carboxylic acids is 1. The molecule has 186 valence electrons. The van der Waals surface area contributed by atoms with Crippen LogP contribution in [-0.4, -0.2) is 38.4 Å². The van der Waals surface area contributed by atoms with Gasteiger partial charge in [-0.05, 0) is 69.2 Å². The number of fused-ring (bicyclic) bond motifs is 1. The molecule has 1 unspecified atom stereocenters. The Bertz CT molecular complexity index is 1410. The maximum absolute atomic E-state index is 13.3. The number of pyridine rings is 1. The molecule has 0 saturated carbocycles. The molecule has 0 aliphatic carbocycles. The molecule has 0 radical (unpaired) electrons. The van der Waals surface area contributed by atoms with Crippen molar-refractivity contribution in [1.29, 1.82) is 0 Å². The van der Waals surface area contributed by atoms with Crippen LogP contribution in [0.4, 0.5) is 13.2 Å². The molecule has 1 aliphatic heterocycles. The molecule has 2 aromatic heterocycles. The number of piperidine rings is 1. The second kappa shape index (κ2) is 9.41. The third kappa shape index (κ3) is 4.72. The SMILES string of the molecule is CC(C)n1cnc2cc(C(=O)N3CCCC(c4cccc(-c5cccc(C(F)(F)F)c5)n4)C3)ccc21. The van der Waals surface area contributed by atoms with E-state index >= 15 is 0 Å². The van der Waals surface area contributed by atoms with E-state index in [0.717, 1.165) is 41.7 Å². The van der Waals surface area contributed by atoms with E-state index < -0.39 is 11.7 Å². The zero-order valence-electron chi connectivity index (χ0n) is 20.2. The van der Waals surface area contributed by atoms with Crippen LogP contribution in [0.3, 0.4) is 0 Å². The van der Waals surface area contributed by atoms with Crippen molar-refractivity contribution in [3.05, 3.63) is 83.8 Å². The molecule has 1 aliphatic rings. The van der Waals surface area contributed by atoms with E-state index in [2.05, 4.69) is 23.4 Å². The van der Waals surface area contributed by atoms with Gasteiger partial charge in [-0.15, -0.1) is 0 Å². The summed E-state index contributed by atoms with van der Waals surface area (Å²) in [6, 6.07) is 16.5. The van der Waals surface area contributed by atoms with Crippen LogP contribution in [0.5, 0.6) is 0 Å². The fourth-order valence-corrected chi connectivity index (χ4v) is 4.86. The second-order valence-corrected chi connectivity index (χ2v) is 9.57. The molecule has 36 heavy (non-hydrogen) atoms. The number of nitrogens with zero attached hydrogens (tertiary/aromatic N) is 4. The van der Waals surface area contributed by atoms with Crippen molar-refractivity contribution in [2.75, 3.05) is 13.1 Å². The van der Waals surface area contributed by atoms with Gasteiger partial charge < -0.3 is 9.47 Å². The number of halogens is 3. The lowest BCUT2D eigenvalue weighted by Crippen LogP contribution is -2.39. The second-order valence-electron chi connectivity index (χ2n) is 9.57. The summed E-state index contributed by atoms with van der Waals surface area (Å²) in [6.07, 6.45) is -0.923. The first-order chi connectivity index (χ1) is 17.2. The van der Waals surface area contributed by atoms with E-state index in [-0.39, 0.29) is 17.9 Å². The zero-order chi connectivity index (χ0) is 25.4. The number of carbonyl (C=O) groups is 1. The van der Waals surface area contributed by atoms with Crippen molar-refractivity contribution < 1.29 is 18.0 Å². The standard InChI is InChI=1S/C28H27F3N4O/c1-18(2)35-17-32-25-15-20(11-12-26(25)35)27(36)34-13-5-7-21(16-34)24-10-4-9-23(33-24)19-6-3-8-22(14-19)28(29,30)31/h3-4,6,8-12,14-15,17-18,21H,5,7,13,16H2,1-2H3. The van der Waals surface area contributed by atoms with E-state index in [1.807, 2.05) is 35.2 Å². The van der Waals surface area contributed by atoms with E-state index in [1.54, 1.807) is 18.5 Å². The Hall–Kier alpha value is -3.68. The topological polar surface area (TPSA) is 51.0 Å². The molecule has 1 amide bonds. The zero-order valence-corrected chi connectivity index (χ0v) is 20.2. The summed E-state index contributed by atoms with van der Waals surface area (Å²) in [5.74, 6) is -0.0351. The van der Waals surface area contributed by atoms with Gasteiger partial charge in [0.05, 0.1) is 28.6 Å². The van der Waals surface area contributed by atoms with Crippen molar-refractivity contribution in [3.8, 4) is 11.3 Å². The van der Waals surface area contributed by atoms with Crippen molar-refractivity contribution >= 4 is 16.9 Å². The highest BCUT2D eigenvalue weighted by Crippen LogP contribution is 2.33. The van der Waals surface area contributed by atoms with Crippen LogP contribution in [0, 0.1) is 0 Å². The average Bonchev–Trinajstić information content (AvgIpc) is 3.32. The predicted molar refractivity (Wildman–Crippen MR) is 133 cm³/mol. The lowest BCUT2D eigenvalue weighted by molar-refractivity contribution is -0.137. The van der Waals surface area contributed by atoms with Crippen molar-refractivity contribution in [2.45, 2.75) is 44.8 Å². The highest BCUT2D eigenvalue weighted by atomic mass is 19.4. The van der Waals surface area contributed by atoms with Crippen molar-refractivity contribution in [3.63, 3.8) is 0 Å². The van der Waals surface area contributed by atoms with Gasteiger partial charge in [0.15, 0.2) is 0 Å². The summed E-state index contributed by atoms with van der Waals surface area (Å²) >= 11 is 0. The minimum atomic E-state index is -4.41. The molecule has 5 nitrogen and oxygen atoms in total. The molecule has 1 atom stereocenters. The molecule has 1 fully saturated rings. The van der Waals surface area contributed by atoms with Crippen LogP contribution in [0.25, 0.3) is 22.3 Å². The van der Waals surface area contributed by atoms with E-state index in [0.29, 0.717) is 29.9 Å². The summed E-state index contributed by atoms with van der Waals surface area (Å²) in [4.78, 5) is 24.3. The Morgan fingerprint density at radius 3 is 2.64 bits per heavy atom. The fraction of sp³-hybridized carbons (Fsp3) is 0.321. The normalized spacial score (nSPS) is 16.6. The minimum Gasteiger partial charge on any atom is -0.338 e. The minimum absolute atomic E-state index is 0.0114. The van der Waals surface area contributed by atoms with Crippen LogP contribution < -0.4 is 0 Å². The van der Waals surface area contributed by atoms with Gasteiger partial charge in [-0.1, -0.05) is 18.2 Å². The molecule has 3 heterocycles. The molecule has 0 spiro atoms. The lowest BCUT2D eigenvalue weighted by atomic mass is 9.93. The molecule has 4 aromatic rings. The maximum Gasteiger partial charge on any atom is 0.416 e. The fourth-order valence-electron chi connectivity index (χ4n) is 4.86. The van der Waals surface area contributed by atoms with Crippen molar-refractivity contribution in [2.24, 2.45) is 0 Å². The number of imidazole rings is 1. The van der Waals surface area contributed by atoms with Crippen molar-refractivity contribution in [1.82, 2.24) is 19.4 Å². The Labute approximate surface area is 207 Å². The quantitative estimate of drug-likeness (QED) is 0.318. The third-order valence-corrected chi connectivity index (χ3v) is 6.76. The molecule has 2 aromatic carbocycles. The number of rotatable bonds is 4. The number of likely N-dealkylation sites (tertiary alicyclic amines) is 1. The number of aromatic nitrogens is 3. The molecular weight excluding hydrogens is 465 g/mol. The first kappa shape index (κ1) is 24.0. The molecule has 1 saturated heterocycles. The number of alkyl halides is 3. The van der Waals surface area contributed by atoms with Crippen LogP contribution in [0.2, 0.25) is 0 Å². The Kier molecular flexibility index (Phi) is 6.28. The van der Waals surface area contributed by atoms with E-state index in [1.165, 1.54) is 6.07 Å². The van der Waals surface area contributed by atoms with Gasteiger partial charge in [-0.3, -0.25) is 9.78 Å². The Balaban J connectivity index is 1.36. The van der Waals surface area contributed by atoms with Gasteiger partial charge in [-0.25, -0.2) is 4.98 Å². The van der Waals surface area contributed by atoms with E-state index in [9.17, 15) is 18.0 Å². The van der Waals surface area contributed by atoms with E-state index in [4.69, 9.17) is 4.98 Å². The van der Waals surface area contributed by atoms with Gasteiger partial charge >= 0.3 is 6.18 Å². The molecular formula is C28H27F3N4O. The molecule has 5 rings (SSSR count). The smallest absolute Gasteiger partial charge is 0.338 e. The van der Waals surface area contributed by atoms with Gasteiger partial charge in [0.25, 0.3) is 5.91 Å². The summed E-state index contributed by atoms with van der Waals surface area (Å²) in [5.41, 5.74) is 3.39. The van der Waals surface area contributed by atoms with Crippen LogP contribution >= 0.6 is 0 Å². The van der Waals surface area contributed by atoms with Crippen LogP contribution in [0.15, 0.2) is 67.0 Å². The van der Waals surface area contributed by atoms with Gasteiger partial charge in [0.2, 0.25) is 0 Å². The Morgan fingerprint density at radius 2 is 1.86 bits per heavy atom. The van der Waals surface area contributed by atoms with Crippen LogP contribution in [0.1, 0.15) is 60.3 Å². The third-order valence-electron chi connectivity index (χ3n) is 6.76. The molecule has 0 bridgehead atoms. The summed E-state index contributed by atoms with van der Waals surface area (Å²) in [6.45, 7) is 5.34. The first-order valence-electron chi connectivity index (χ1n) is 12.1. The largest absolute Gasteiger partial charge is 0.416 e. The summed E-state index contributed by atoms with van der Waals surface area (Å²) < 4.78 is 41.6. The molecule has 0 N–H and O–H groups in total. The van der Waals surface area contributed by atoms with Gasteiger partial charge in [0, 0.05) is 41.9 Å². The predicted octanol–water partition coefficient (Wildman–Crippen LogP) is 6.72. The average molecular weight is 493 g/mol. The maximum atomic E-state index is 13.3. The number of amides is 1. The highest BCUT2D eigenvalue weighted by Gasteiger charge is 2.31. The molecule has 8 heteroatoms. The summed E-state index contributed by atoms with van der Waals surface area (Å²) in [5, 5.41) is 0. The number of benzene rings is 2. The Morgan fingerprint density at radius 1 is 1.06 bits per heavy atom. The summed E-state index contributed by atoms with van der Waals surface area (Å²) in [7, 11) is 0.